The fourth-order valence-corrected chi connectivity index (χ4v) is 2.22. The first-order valence-electron chi connectivity index (χ1n) is 6.30. The van der Waals surface area contributed by atoms with Gasteiger partial charge in [-0.05, 0) is 17.7 Å². The largest absolute Gasteiger partial charge is 0.497 e. The van der Waals surface area contributed by atoms with Crippen LogP contribution < -0.4 is 10.1 Å². The number of hydrogen-bond donors (Lipinski definition) is 1. The monoisotopic (exact) mass is 262 g/mol. The lowest BCUT2D eigenvalue weighted by atomic mass is 10.1. The van der Waals surface area contributed by atoms with Crippen molar-refractivity contribution in [3.63, 3.8) is 0 Å². The first kappa shape index (κ1) is 13.7. The van der Waals surface area contributed by atoms with E-state index in [9.17, 15) is 9.59 Å². The molecule has 0 amide bonds. The Bertz CT molecular complexity index is 445. The molecule has 1 aromatic carbocycles. The van der Waals surface area contributed by atoms with E-state index in [0.717, 1.165) is 25.4 Å². The lowest BCUT2D eigenvalue weighted by Crippen LogP contribution is -2.54. The Labute approximate surface area is 112 Å². The van der Waals surface area contributed by atoms with Crippen LogP contribution in [-0.4, -0.2) is 49.8 Å². The first-order chi connectivity index (χ1) is 9.22. The van der Waals surface area contributed by atoms with Crippen molar-refractivity contribution in [1.29, 1.82) is 0 Å². The van der Waals surface area contributed by atoms with E-state index < -0.39 is 0 Å². The van der Waals surface area contributed by atoms with Crippen molar-refractivity contribution in [2.45, 2.75) is 12.6 Å². The van der Waals surface area contributed by atoms with Crippen LogP contribution >= 0.6 is 0 Å². The summed E-state index contributed by atoms with van der Waals surface area (Å²) in [6.07, 6.45) is 0.397. The molecule has 1 fully saturated rings. The van der Waals surface area contributed by atoms with Gasteiger partial charge in [0.2, 0.25) is 5.78 Å². The molecule has 2 rings (SSSR count). The number of aldehydes is 1. The van der Waals surface area contributed by atoms with E-state index in [2.05, 4.69) is 10.2 Å². The normalized spacial score (nSPS) is 19.9. The number of hydrogen-bond acceptors (Lipinski definition) is 5. The van der Waals surface area contributed by atoms with Gasteiger partial charge in [-0.3, -0.25) is 14.5 Å². The van der Waals surface area contributed by atoms with Crippen LogP contribution in [0.5, 0.6) is 5.75 Å². The van der Waals surface area contributed by atoms with E-state index in [1.54, 1.807) is 7.11 Å². The van der Waals surface area contributed by atoms with Gasteiger partial charge in [-0.15, -0.1) is 0 Å². The lowest BCUT2D eigenvalue weighted by molar-refractivity contribution is -0.132. The third kappa shape index (κ3) is 3.62. The molecule has 0 spiro atoms. The maximum absolute atomic E-state index is 11.4. The maximum atomic E-state index is 11.4. The molecule has 1 heterocycles. The molecule has 1 saturated heterocycles. The highest BCUT2D eigenvalue weighted by molar-refractivity contribution is 6.27. The van der Waals surface area contributed by atoms with Crippen LogP contribution in [0.1, 0.15) is 5.56 Å². The molecular formula is C14H18N2O3. The van der Waals surface area contributed by atoms with Crippen molar-refractivity contribution < 1.29 is 14.3 Å². The van der Waals surface area contributed by atoms with Crippen LogP contribution in [0, 0.1) is 0 Å². The van der Waals surface area contributed by atoms with E-state index in [0.29, 0.717) is 12.8 Å². The Balaban J connectivity index is 1.94. The number of rotatable bonds is 5. The number of piperazine rings is 1. The summed E-state index contributed by atoms with van der Waals surface area (Å²) in [7, 11) is 1.64. The highest BCUT2D eigenvalue weighted by Crippen LogP contribution is 2.13. The minimum absolute atomic E-state index is 0.371. The summed E-state index contributed by atoms with van der Waals surface area (Å²) >= 11 is 0. The summed E-state index contributed by atoms with van der Waals surface area (Å²) in [6, 6.07) is 7.50. The summed E-state index contributed by atoms with van der Waals surface area (Å²) in [5.41, 5.74) is 1.17. The number of Topliss-reactive ketones (excluding diaryl/α,β-unsaturated/α-hetero) is 1. The molecule has 0 radical (unpaired) electrons. The van der Waals surface area contributed by atoms with Gasteiger partial charge in [-0.1, -0.05) is 12.1 Å². The van der Waals surface area contributed by atoms with E-state index in [4.69, 9.17) is 4.74 Å². The molecule has 1 aromatic rings. The van der Waals surface area contributed by atoms with E-state index in [1.165, 1.54) is 5.56 Å². The molecule has 0 bridgehead atoms. The summed E-state index contributed by atoms with van der Waals surface area (Å²) in [6.45, 7) is 2.94. The zero-order valence-electron chi connectivity index (χ0n) is 11.0. The Morgan fingerprint density at radius 1 is 1.47 bits per heavy atom. The Morgan fingerprint density at radius 2 is 2.21 bits per heavy atom. The van der Waals surface area contributed by atoms with Gasteiger partial charge in [0.05, 0.1) is 13.2 Å². The van der Waals surface area contributed by atoms with Gasteiger partial charge in [-0.25, -0.2) is 0 Å². The second-order valence-corrected chi connectivity index (χ2v) is 4.61. The molecule has 0 aliphatic carbocycles. The molecule has 1 aliphatic rings. The number of nitrogens with one attached hydrogen (secondary N) is 1. The Hall–Kier alpha value is -1.72. The molecule has 0 saturated carbocycles. The van der Waals surface area contributed by atoms with Crippen molar-refractivity contribution >= 4 is 12.1 Å². The van der Waals surface area contributed by atoms with E-state index in [-0.39, 0.29) is 11.8 Å². The molecule has 5 heteroatoms. The summed E-state index contributed by atoms with van der Waals surface area (Å²) in [5.74, 6) is 0.456. The van der Waals surface area contributed by atoms with Gasteiger partial charge < -0.3 is 10.1 Å². The van der Waals surface area contributed by atoms with Crippen molar-refractivity contribution in [2.75, 3.05) is 26.7 Å². The predicted molar refractivity (Wildman–Crippen MR) is 71.1 cm³/mol. The molecule has 102 valence electrons. The average molecular weight is 262 g/mol. The third-order valence-electron chi connectivity index (χ3n) is 3.28. The van der Waals surface area contributed by atoms with Crippen molar-refractivity contribution in [2.24, 2.45) is 0 Å². The van der Waals surface area contributed by atoms with Gasteiger partial charge in [0.15, 0.2) is 6.29 Å². The van der Waals surface area contributed by atoms with Crippen molar-refractivity contribution in [3.05, 3.63) is 29.8 Å². The number of benzene rings is 1. The fraction of sp³-hybridized carbons (Fsp3) is 0.429. The topological polar surface area (TPSA) is 58.6 Å². The van der Waals surface area contributed by atoms with Crippen LogP contribution in [0.3, 0.4) is 0 Å². The van der Waals surface area contributed by atoms with E-state index >= 15 is 0 Å². The van der Waals surface area contributed by atoms with Crippen LogP contribution in [-0.2, 0) is 16.1 Å². The van der Waals surface area contributed by atoms with Gasteiger partial charge in [0.25, 0.3) is 0 Å². The fourth-order valence-electron chi connectivity index (χ4n) is 2.22. The highest BCUT2D eigenvalue weighted by atomic mass is 16.5. The second kappa shape index (κ2) is 6.45. The predicted octanol–water partition coefficient (Wildman–Crippen LogP) is 0.237. The number of ether oxygens (including phenoxy) is 1. The zero-order valence-corrected chi connectivity index (χ0v) is 11.0. The number of nitrogens with zero attached hydrogens (tertiary/aromatic N) is 1. The Morgan fingerprint density at radius 3 is 2.84 bits per heavy atom. The molecule has 1 N–H and O–H groups in total. The number of ketones is 1. The van der Waals surface area contributed by atoms with Crippen molar-refractivity contribution in [1.82, 2.24) is 10.2 Å². The molecule has 1 aliphatic heterocycles. The standard InChI is InChI=1S/C14H18N2O3/c1-19-12-4-2-11(3-5-12)8-16-7-6-15-13(9-16)14(18)10-17/h2-5,10,13,15H,6-9H2,1H3. The molecule has 1 atom stereocenters. The molecule has 5 nitrogen and oxygen atoms in total. The van der Waals surface area contributed by atoms with Crippen LogP contribution in [0.25, 0.3) is 0 Å². The van der Waals surface area contributed by atoms with Crippen molar-refractivity contribution in [3.8, 4) is 5.75 Å². The van der Waals surface area contributed by atoms with Crippen LogP contribution in [0.2, 0.25) is 0 Å². The summed E-state index contributed by atoms with van der Waals surface area (Å²) < 4.78 is 5.12. The van der Waals surface area contributed by atoms with Gasteiger partial charge in [0.1, 0.15) is 5.75 Å². The minimum Gasteiger partial charge on any atom is -0.497 e. The molecular weight excluding hydrogens is 244 g/mol. The highest BCUT2D eigenvalue weighted by Gasteiger charge is 2.24. The van der Waals surface area contributed by atoms with E-state index in [1.807, 2.05) is 24.3 Å². The van der Waals surface area contributed by atoms with Crippen LogP contribution in [0.15, 0.2) is 24.3 Å². The first-order valence-corrected chi connectivity index (χ1v) is 6.30. The number of methoxy groups -OCH3 is 1. The summed E-state index contributed by atoms with van der Waals surface area (Å²) in [4.78, 5) is 24.1. The number of carbonyl (C=O) groups is 2. The molecule has 19 heavy (non-hydrogen) atoms. The quantitative estimate of drug-likeness (QED) is 0.608. The molecule has 0 aromatic heterocycles. The number of carbonyl (C=O) groups excluding carboxylic acids is 2. The van der Waals surface area contributed by atoms with Crippen LogP contribution in [0.4, 0.5) is 0 Å². The average Bonchev–Trinajstić information content (AvgIpc) is 2.47. The zero-order chi connectivity index (χ0) is 13.7. The lowest BCUT2D eigenvalue weighted by Gasteiger charge is -2.32. The third-order valence-corrected chi connectivity index (χ3v) is 3.28. The maximum Gasteiger partial charge on any atom is 0.213 e. The Kier molecular flexibility index (Phi) is 4.65. The van der Waals surface area contributed by atoms with Gasteiger partial charge >= 0.3 is 0 Å². The second-order valence-electron chi connectivity index (χ2n) is 4.61. The minimum atomic E-state index is -0.376. The smallest absolute Gasteiger partial charge is 0.213 e. The summed E-state index contributed by atoms with van der Waals surface area (Å²) in [5, 5.41) is 3.06. The molecule has 1 unspecified atom stereocenters. The van der Waals surface area contributed by atoms with Gasteiger partial charge in [-0.2, -0.15) is 0 Å². The SMILES string of the molecule is COc1ccc(CN2CCNC(C(=O)C=O)C2)cc1. The van der Waals surface area contributed by atoms with Gasteiger partial charge in [0, 0.05) is 26.2 Å².